The monoisotopic (exact) mass is 214 g/mol. The summed E-state index contributed by atoms with van der Waals surface area (Å²) in [7, 11) is 0. The smallest absolute Gasteiger partial charge is 0.330 e. The van der Waals surface area contributed by atoms with Crippen molar-refractivity contribution in [2.24, 2.45) is 11.8 Å². The van der Waals surface area contributed by atoms with Crippen LogP contribution in [0.5, 0.6) is 0 Å². The number of aliphatic carboxylic acids is 1. The highest BCUT2D eigenvalue weighted by Crippen LogP contribution is 2.25. The molecule has 0 aliphatic rings. The fraction of sp³-hybridized carbons (Fsp3) is 0.750. The van der Waals surface area contributed by atoms with Crippen LogP contribution in [-0.2, 0) is 4.79 Å². The van der Waals surface area contributed by atoms with Gasteiger partial charge in [-0.2, -0.15) is 0 Å². The van der Waals surface area contributed by atoms with Gasteiger partial charge in [-0.05, 0) is 24.7 Å². The molecule has 0 saturated heterocycles. The maximum Gasteiger partial charge on any atom is 0.330 e. The van der Waals surface area contributed by atoms with Crippen LogP contribution in [0.1, 0.15) is 39.5 Å². The summed E-state index contributed by atoms with van der Waals surface area (Å²) < 4.78 is 0. The van der Waals surface area contributed by atoms with Gasteiger partial charge in [0, 0.05) is 12.2 Å². The van der Waals surface area contributed by atoms with E-state index in [1.807, 2.05) is 6.92 Å². The molecule has 88 valence electrons. The second-order valence-corrected chi connectivity index (χ2v) is 4.17. The predicted molar refractivity (Wildman–Crippen MR) is 60.7 cm³/mol. The number of carbonyl (C=O) groups is 1. The zero-order chi connectivity index (χ0) is 11.8. The van der Waals surface area contributed by atoms with Gasteiger partial charge in [-0.3, -0.25) is 0 Å². The lowest BCUT2D eigenvalue weighted by molar-refractivity contribution is -0.132. The molecule has 0 radical (unpaired) electrons. The molecule has 3 heteroatoms. The summed E-state index contributed by atoms with van der Waals surface area (Å²) in [5.41, 5.74) is 0.247. The maximum absolute atomic E-state index is 10.7. The molecule has 0 spiro atoms. The molecular weight excluding hydrogens is 192 g/mol. The lowest BCUT2D eigenvalue weighted by Gasteiger charge is -2.22. The minimum Gasteiger partial charge on any atom is -0.478 e. The first-order valence-electron chi connectivity index (χ1n) is 5.54. The largest absolute Gasteiger partial charge is 0.478 e. The van der Waals surface area contributed by atoms with Crippen molar-refractivity contribution in [2.75, 3.05) is 6.61 Å². The Hall–Kier alpha value is -0.830. The summed E-state index contributed by atoms with van der Waals surface area (Å²) in [5.74, 6) is -0.548. The Balaban J connectivity index is 4.23. The van der Waals surface area contributed by atoms with Crippen LogP contribution < -0.4 is 0 Å². The van der Waals surface area contributed by atoms with Gasteiger partial charge in [0.15, 0.2) is 0 Å². The number of aliphatic hydroxyl groups is 1. The van der Waals surface area contributed by atoms with Gasteiger partial charge in [0.1, 0.15) is 0 Å². The van der Waals surface area contributed by atoms with Gasteiger partial charge in [-0.15, -0.1) is 0 Å². The molecular formula is C12H22O3. The molecule has 0 heterocycles. The molecule has 0 aliphatic carbocycles. The summed E-state index contributed by atoms with van der Waals surface area (Å²) in [6.07, 6.45) is 3.61. The number of hydrogen-bond acceptors (Lipinski definition) is 2. The van der Waals surface area contributed by atoms with E-state index in [0.29, 0.717) is 6.42 Å². The fourth-order valence-corrected chi connectivity index (χ4v) is 1.61. The molecule has 0 aromatic heterocycles. The van der Waals surface area contributed by atoms with E-state index in [0.717, 1.165) is 19.3 Å². The third-order valence-corrected chi connectivity index (χ3v) is 2.83. The molecule has 2 N–H and O–H groups in total. The van der Waals surface area contributed by atoms with Gasteiger partial charge in [-0.1, -0.05) is 33.3 Å². The summed E-state index contributed by atoms with van der Waals surface area (Å²) in [6.45, 7) is 7.71. The minimum atomic E-state index is -0.929. The normalized spacial score (nSPS) is 14.6. The Labute approximate surface area is 91.8 Å². The number of carboxylic acid groups (broad SMARTS) is 1. The predicted octanol–water partition coefficient (Wildman–Crippen LogP) is 2.45. The molecule has 0 saturated carbocycles. The van der Waals surface area contributed by atoms with E-state index in [1.165, 1.54) is 0 Å². The molecule has 3 nitrogen and oxygen atoms in total. The van der Waals surface area contributed by atoms with Gasteiger partial charge < -0.3 is 10.2 Å². The van der Waals surface area contributed by atoms with Crippen LogP contribution >= 0.6 is 0 Å². The van der Waals surface area contributed by atoms with Gasteiger partial charge >= 0.3 is 5.97 Å². The van der Waals surface area contributed by atoms with Crippen molar-refractivity contribution in [1.29, 1.82) is 0 Å². The van der Waals surface area contributed by atoms with Crippen molar-refractivity contribution in [1.82, 2.24) is 0 Å². The van der Waals surface area contributed by atoms with Crippen LogP contribution in [-0.4, -0.2) is 22.8 Å². The molecule has 0 bridgehead atoms. The van der Waals surface area contributed by atoms with Crippen molar-refractivity contribution < 1.29 is 15.0 Å². The Bertz CT molecular complexity index is 211. The number of rotatable bonds is 8. The van der Waals surface area contributed by atoms with Crippen molar-refractivity contribution >= 4 is 5.97 Å². The molecule has 2 atom stereocenters. The van der Waals surface area contributed by atoms with Gasteiger partial charge in [-0.25, -0.2) is 4.79 Å². The Kier molecular flexibility index (Phi) is 7.05. The van der Waals surface area contributed by atoms with Crippen molar-refractivity contribution in [3.63, 3.8) is 0 Å². The van der Waals surface area contributed by atoms with Crippen molar-refractivity contribution in [3.05, 3.63) is 12.2 Å². The molecule has 2 unspecified atom stereocenters. The molecule has 0 amide bonds. The van der Waals surface area contributed by atoms with E-state index in [-0.39, 0.29) is 24.0 Å². The van der Waals surface area contributed by atoms with Crippen LogP contribution in [0.15, 0.2) is 12.2 Å². The zero-order valence-electron chi connectivity index (χ0n) is 9.70. The molecule has 0 fully saturated rings. The summed E-state index contributed by atoms with van der Waals surface area (Å²) >= 11 is 0. The van der Waals surface area contributed by atoms with Crippen LogP contribution in [0.3, 0.4) is 0 Å². The van der Waals surface area contributed by atoms with Crippen LogP contribution in [0.2, 0.25) is 0 Å². The van der Waals surface area contributed by atoms with E-state index in [9.17, 15) is 4.79 Å². The second kappa shape index (κ2) is 7.46. The molecule has 0 aromatic rings. The van der Waals surface area contributed by atoms with E-state index >= 15 is 0 Å². The average Bonchev–Trinajstić information content (AvgIpc) is 2.22. The molecule has 0 aromatic carbocycles. The topological polar surface area (TPSA) is 57.5 Å². The number of hydrogen-bond donors (Lipinski definition) is 2. The lowest BCUT2D eigenvalue weighted by Crippen LogP contribution is -2.18. The van der Waals surface area contributed by atoms with E-state index < -0.39 is 5.97 Å². The van der Waals surface area contributed by atoms with Crippen molar-refractivity contribution in [3.8, 4) is 0 Å². The number of aliphatic hydroxyl groups excluding tert-OH is 1. The van der Waals surface area contributed by atoms with Crippen LogP contribution in [0.4, 0.5) is 0 Å². The Morgan fingerprint density at radius 3 is 2.47 bits per heavy atom. The summed E-state index contributed by atoms with van der Waals surface area (Å²) in [4.78, 5) is 10.7. The minimum absolute atomic E-state index is 0.112. The Morgan fingerprint density at radius 2 is 2.07 bits per heavy atom. The first-order valence-corrected chi connectivity index (χ1v) is 5.54. The lowest BCUT2D eigenvalue weighted by atomic mass is 9.85. The highest BCUT2D eigenvalue weighted by Gasteiger charge is 2.19. The SMILES string of the molecule is C=C(CC(CCCC)C(C)CO)C(=O)O. The highest BCUT2D eigenvalue weighted by atomic mass is 16.4. The molecule has 15 heavy (non-hydrogen) atoms. The highest BCUT2D eigenvalue weighted by molar-refractivity contribution is 5.85. The quantitative estimate of drug-likeness (QED) is 0.610. The standard InChI is InChI=1S/C12H22O3/c1-4-5-6-11(10(3)8-13)7-9(2)12(14)15/h10-11,13H,2,4-8H2,1,3H3,(H,14,15). The molecule has 0 rings (SSSR count). The third-order valence-electron chi connectivity index (χ3n) is 2.83. The zero-order valence-corrected chi connectivity index (χ0v) is 9.70. The van der Waals surface area contributed by atoms with Crippen molar-refractivity contribution in [2.45, 2.75) is 39.5 Å². The Morgan fingerprint density at radius 1 is 1.47 bits per heavy atom. The maximum atomic E-state index is 10.7. The van der Waals surface area contributed by atoms with Gasteiger partial charge in [0.2, 0.25) is 0 Å². The summed E-state index contributed by atoms with van der Waals surface area (Å²) in [5, 5.41) is 17.8. The molecule has 0 aliphatic heterocycles. The summed E-state index contributed by atoms with van der Waals surface area (Å²) in [6, 6.07) is 0. The fourth-order valence-electron chi connectivity index (χ4n) is 1.61. The van der Waals surface area contributed by atoms with E-state index in [2.05, 4.69) is 13.5 Å². The first kappa shape index (κ1) is 14.2. The van der Waals surface area contributed by atoms with Crippen LogP contribution in [0.25, 0.3) is 0 Å². The average molecular weight is 214 g/mol. The number of unbranched alkanes of at least 4 members (excludes halogenated alkanes) is 1. The van der Waals surface area contributed by atoms with Gasteiger partial charge in [0.05, 0.1) is 0 Å². The van der Waals surface area contributed by atoms with Gasteiger partial charge in [0.25, 0.3) is 0 Å². The first-order chi connectivity index (χ1) is 7.02. The second-order valence-electron chi connectivity index (χ2n) is 4.17. The third kappa shape index (κ3) is 5.57. The number of carboxylic acids is 1. The van der Waals surface area contributed by atoms with E-state index in [4.69, 9.17) is 10.2 Å². The van der Waals surface area contributed by atoms with Crippen LogP contribution in [0, 0.1) is 11.8 Å². The van der Waals surface area contributed by atoms with E-state index in [1.54, 1.807) is 0 Å².